The Balaban J connectivity index is 1.48. The molecule has 2 saturated heterocycles. The lowest BCUT2D eigenvalue weighted by molar-refractivity contribution is -0.137. The van der Waals surface area contributed by atoms with Crippen LogP contribution in [0.3, 0.4) is 0 Å². The van der Waals surface area contributed by atoms with Crippen molar-refractivity contribution in [2.45, 2.75) is 84.5 Å². The molecule has 0 radical (unpaired) electrons. The smallest absolute Gasteiger partial charge is 0.139 e. The first-order valence-corrected chi connectivity index (χ1v) is 11.1. The van der Waals surface area contributed by atoms with Gasteiger partial charge in [0.2, 0.25) is 0 Å². The van der Waals surface area contributed by atoms with Crippen LogP contribution in [0, 0.1) is 10.8 Å². The fourth-order valence-corrected chi connectivity index (χ4v) is 5.96. The number of carbonyl (C=O) groups is 1. The van der Waals surface area contributed by atoms with Crippen molar-refractivity contribution in [3.63, 3.8) is 0 Å². The molecule has 3 aliphatic rings. The number of nitrogens with zero attached hydrogens (tertiary/aromatic N) is 2. The van der Waals surface area contributed by atoms with Gasteiger partial charge in [-0.2, -0.15) is 0 Å². The van der Waals surface area contributed by atoms with Gasteiger partial charge in [0.1, 0.15) is 5.78 Å². The molecule has 1 aliphatic carbocycles. The van der Waals surface area contributed by atoms with Gasteiger partial charge in [-0.15, -0.1) is 0 Å². The normalized spacial score (nSPS) is 30.6. The third-order valence-corrected chi connectivity index (χ3v) is 7.38. The number of rotatable bonds is 8. The summed E-state index contributed by atoms with van der Waals surface area (Å²) in [6.45, 7) is 12.0. The molecule has 0 N–H and O–H groups in total. The maximum Gasteiger partial charge on any atom is 0.139 e. The number of carbonyl (C=O) groups excluding carboxylic acids is 1. The van der Waals surface area contributed by atoms with E-state index in [1.165, 1.54) is 71.4 Å². The Morgan fingerprint density at radius 2 is 1.56 bits per heavy atom. The van der Waals surface area contributed by atoms with Gasteiger partial charge in [-0.25, -0.2) is 0 Å². The lowest BCUT2D eigenvalue weighted by Gasteiger charge is -2.44. The molecule has 3 fully saturated rings. The van der Waals surface area contributed by atoms with Gasteiger partial charge in [0.25, 0.3) is 0 Å². The molecule has 1 spiro atoms. The molecule has 3 nitrogen and oxygen atoms in total. The van der Waals surface area contributed by atoms with Crippen LogP contribution in [0.4, 0.5) is 0 Å². The Morgan fingerprint density at radius 3 is 2.20 bits per heavy atom. The Labute approximate surface area is 155 Å². The van der Waals surface area contributed by atoms with Crippen molar-refractivity contribution >= 4 is 5.78 Å². The van der Waals surface area contributed by atoms with E-state index in [-0.39, 0.29) is 5.41 Å². The molecule has 0 aromatic heterocycles. The zero-order valence-corrected chi connectivity index (χ0v) is 16.8. The fourth-order valence-electron chi connectivity index (χ4n) is 5.96. The monoisotopic (exact) mass is 348 g/mol. The van der Waals surface area contributed by atoms with Crippen LogP contribution >= 0.6 is 0 Å². The predicted molar refractivity (Wildman–Crippen MR) is 105 cm³/mol. The summed E-state index contributed by atoms with van der Waals surface area (Å²) < 4.78 is 0. The first-order valence-electron chi connectivity index (χ1n) is 11.1. The van der Waals surface area contributed by atoms with E-state index in [9.17, 15) is 4.79 Å². The Morgan fingerprint density at radius 1 is 0.880 bits per heavy atom. The van der Waals surface area contributed by atoms with Crippen molar-refractivity contribution in [2.24, 2.45) is 10.8 Å². The number of hydrogen-bond acceptors (Lipinski definition) is 3. The summed E-state index contributed by atoms with van der Waals surface area (Å²) >= 11 is 0. The minimum Gasteiger partial charge on any atom is -0.303 e. The Bertz CT molecular complexity index is 437. The van der Waals surface area contributed by atoms with E-state index in [0.717, 1.165) is 38.5 Å². The van der Waals surface area contributed by atoms with Crippen LogP contribution in [-0.4, -0.2) is 54.9 Å². The van der Waals surface area contributed by atoms with E-state index < -0.39 is 0 Å². The van der Waals surface area contributed by atoms with Crippen LogP contribution < -0.4 is 0 Å². The molecule has 0 bridgehead atoms. The highest BCUT2D eigenvalue weighted by Crippen LogP contribution is 2.51. The lowest BCUT2D eigenvalue weighted by atomic mass is 9.59. The van der Waals surface area contributed by atoms with Crippen LogP contribution in [0.2, 0.25) is 0 Å². The number of likely N-dealkylation sites (tertiary alicyclic amines) is 2. The highest BCUT2D eigenvalue weighted by molar-refractivity contribution is 5.86. The second-order valence-electron chi connectivity index (χ2n) is 9.31. The molecule has 1 unspecified atom stereocenters. The number of ketones is 1. The summed E-state index contributed by atoms with van der Waals surface area (Å²) in [5.74, 6) is 0.612. The molecule has 3 rings (SSSR count). The van der Waals surface area contributed by atoms with Gasteiger partial charge < -0.3 is 9.80 Å². The van der Waals surface area contributed by atoms with Crippen molar-refractivity contribution in [3.8, 4) is 0 Å². The maximum atomic E-state index is 13.1. The average molecular weight is 349 g/mol. The highest BCUT2D eigenvalue weighted by Gasteiger charge is 2.49. The highest BCUT2D eigenvalue weighted by atomic mass is 16.1. The van der Waals surface area contributed by atoms with E-state index in [1.807, 2.05) is 0 Å². The van der Waals surface area contributed by atoms with Gasteiger partial charge >= 0.3 is 0 Å². The fraction of sp³-hybridized carbons (Fsp3) is 0.955. The minimum absolute atomic E-state index is 0.0396. The third kappa shape index (κ3) is 4.47. The predicted octanol–water partition coefficient (Wildman–Crippen LogP) is 4.50. The van der Waals surface area contributed by atoms with Gasteiger partial charge in [0, 0.05) is 18.4 Å². The first kappa shape index (κ1) is 19.4. The SMILES string of the molecule is CCCC1(CCC)CCC2(CCN(CCCN3CCCC3)C2)CC1=O. The summed E-state index contributed by atoms with van der Waals surface area (Å²) in [6.07, 6.45) is 13.2. The molecule has 0 amide bonds. The minimum atomic E-state index is 0.0396. The Hall–Kier alpha value is -0.410. The lowest BCUT2D eigenvalue weighted by Crippen LogP contribution is -2.43. The largest absolute Gasteiger partial charge is 0.303 e. The Kier molecular flexibility index (Phi) is 6.60. The topological polar surface area (TPSA) is 23.6 Å². The molecular weight excluding hydrogens is 308 g/mol. The van der Waals surface area contributed by atoms with Gasteiger partial charge in [0.15, 0.2) is 0 Å². The van der Waals surface area contributed by atoms with Crippen molar-refractivity contribution < 1.29 is 4.79 Å². The van der Waals surface area contributed by atoms with Crippen molar-refractivity contribution in [3.05, 3.63) is 0 Å². The van der Waals surface area contributed by atoms with Gasteiger partial charge in [-0.3, -0.25) is 4.79 Å². The molecule has 3 heteroatoms. The van der Waals surface area contributed by atoms with Crippen LogP contribution in [0.15, 0.2) is 0 Å². The van der Waals surface area contributed by atoms with Crippen molar-refractivity contribution in [1.29, 1.82) is 0 Å². The quantitative estimate of drug-likeness (QED) is 0.645. The van der Waals surface area contributed by atoms with Gasteiger partial charge in [0.05, 0.1) is 0 Å². The standard InChI is InChI=1S/C22H40N2O/c1-3-8-22(9-4-2)11-10-21(18-20(22)25)12-17-24(19-21)16-7-15-23-13-5-6-14-23/h3-19H2,1-2H3. The molecule has 2 aliphatic heterocycles. The zero-order valence-electron chi connectivity index (χ0n) is 16.8. The van der Waals surface area contributed by atoms with Crippen molar-refractivity contribution in [1.82, 2.24) is 9.80 Å². The van der Waals surface area contributed by atoms with Crippen LogP contribution in [-0.2, 0) is 4.79 Å². The number of hydrogen-bond donors (Lipinski definition) is 0. The van der Waals surface area contributed by atoms with Gasteiger partial charge in [-0.05, 0) is 89.5 Å². The van der Waals surface area contributed by atoms with E-state index >= 15 is 0 Å². The molecule has 1 saturated carbocycles. The molecular formula is C22H40N2O. The van der Waals surface area contributed by atoms with E-state index in [1.54, 1.807) is 0 Å². The second kappa shape index (κ2) is 8.52. The molecule has 0 aromatic carbocycles. The molecule has 0 aromatic rings. The average Bonchev–Trinajstić information content (AvgIpc) is 3.23. The van der Waals surface area contributed by atoms with Crippen LogP contribution in [0.5, 0.6) is 0 Å². The summed E-state index contributed by atoms with van der Waals surface area (Å²) in [5.41, 5.74) is 0.369. The van der Waals surface area contributed by atoms with E-state index in [0.29, 0.717) is 11.2 Å². The summed E-state index contributed by atoms with van der Waals surface area (Å²) in [7, 11) is 0. The first-order chi connectivity index (χ1) is 12.1. The van der Waals surface area contributed by atoms with Crippen LogP contribution in [0.1, 0.15) is 84.5 Å². The molecule has 1 atom stereocenters. The molecule has 25 heavy (non-hydrogen) atoms. The second-order valence-corrected chi connectivity index (χ2v) is 9.31. The maximum absolute atomic E-state index is 13.1. The van der Waals surface area contributed by atoms with E-state index in [2.05, 4.69) is 23.6 Å². The number of Topliss-reactive ketones (excluding diaryl/α,β-unsaturated/α-hetero) is 1. The summed E-state index contributed by atoms with van der Waals surface area (Å²) in [4.78, 5) is 18.4. The van der Waals surface area contributed by atoms with Gasteiger partial charge in [-0.1, -0.05) is 26.7 Å². The third-order valence-electron chi connectivity index (χ3n) is 7.38. The molecule has 2 heterocycles. The van der Waals surface area contributed by atoms with Crippen molar-refractivity contribution in [2.75, 3.05) is 39.3 Å². The summed E-state index contributed by atoms with van der Waals surface area (Å²) in [6, 6.07) is 0. The molecule has 144 valence electrons. The summed E-state index contributed by atoms with van der Waals surface area (Å²) in [5, 5.41) is 0. The van der Waals surface area contributed by atoms with Crippen LogP contribution in [0.25, 0.3) is 0 Å². The van der Waals surface area contributed by atoms with E-state index in [4.69, 9.17) is 0 Å². The zero-order chi connectivity index (χ0) is 17.8.